The second-order valence-corrected chi connectivity index (χ2v) is 9.99. The molecule has 0 saturated carbocycles. The molecule has 0 fully saturated rings. The van der Waals surface area contributed by atoms with Gasteiger partial charge in [0.15, 0.2) is 0 Å². The van der Waals surface area contributed by atoms with Crippen molar-refractivity contribution in [1.29, 1.82) is 0 Å². The SMILES string of the molecule is CCCN(CCC)C(=O)c1cc(C(N)=O)cc(C(=O)NC(Cc2cc(F)cc(F)c2)C(O)C(O)C(C)NC(C)=O)c1. The molecule has 0 spiro atoms. The van der Waals surface area contributed by atoms with Crippen molar-refractivity contribution in [2.24, 2.45) is 5.73 Å². The van der Waals surface area contributed by atoms with Gasteiger partial charge in [-0.3, -0.25) is 19.2 Å². The maximum atomic E-state index is 13.9. The molecular weight excluding hydrogens is 538 g/mol. The zero-order valence-corrected chi connectivity index (χ0v) is 23.6. The molecule has 4 atom stereocenters. The number of hydrogen-bond acceptors (Lipinski definition) is 6. The summed E-state index contributed by atoms with van der Waals surface area (Å²) in [5, 5.41) is 26.7. The Bertz CT molecular complexity index is 1230. The molecule has 2 rings (SSSR count). The van der Waals surface area contributed by atoms with E-state index in [1.165, 1.54) is 32.0 Å². The van der Waals surface area contributed by atoms with Gasteiger partial charge in [0.25, 0.3) is 11.8 Å². The Balaban J connectivity index is 2.48. The van der Waals surface area contributed by atoms with Crippen LogP contribution in [0.15, 0.2) is 36.4 Å². The van der Waals surface area contributed by atoms with Crippen molar-refractivity contribution < 1.29 is 38.2 Å². The van der Waals surface area contributed by atoms with E-state index in [4.69, 9.17) is 5.73 Å². The van der Waals surface area contributed by atoms with Gasteiger partial charge in [-0.25, -0.2) is 8.78 Å². The largest absolute Gasteiger partial charge is 0.388 e. The normalized spacial score (nSPS) is 14.0. The molecule has 0 saturated heterocycles. The highest BCUT2D eigenvalue weighted by Crippen LogP contribution is 2.18. The topological polar surface area (TPSA) is 162 Å². The quantitative estimate of drug-likeness (QED) is 0.231. The van der Waals surface area contributed by atoms with Crippen LogP contribution in [-0.4, -0.2) is 76.1 Å². The highest BCUT2D eigenvalue weighted by Gasteiger charge is 2.32. The summed E-state index contributed by atoms with van der Waals surface area (Å²) in [5.41, 5.74) is 5.35. The van der Waals surface area contributed by atoms with Gasteiger partial charge >= 0.3 is 0 Å². The van der Waals surface area contributed by atoms with Gasteiger partial charge < -0.3 is 31.5 Å². The fourth-order valence-corrected chi connectivity index (χ4v) is 4.49. The van der Waals surface area contributed by atoms with E-state index in [1.807, 2.05) is 13.8 Å². The third kappa shape index (κ3) is 9.61. The van der Waals surface area contributed by atoms with Crippen molar-refractivity contribution in [2.75, 3.05) is 13.1 Å². The second-order valence-electron chi connectivity index (χ2n) is 9.99. The first-order chi connectivity index (χ1) is 19.3. The number of nitrogens with two attached hydrogens (primary N) is 1. The first-order valence-corrected chi connectivity index (χ1v) is 13.4. The van der Waals surface area contributed by atoms with E-state index in [9.17, 15) is 38.2 Å². The smallest absolute Gasteiger partial charge is 0.253 e. The molecular formula is C29H38F2N4O6. The van der Waals surface area contributed by atoms with Gasteiger partial charge in [0, 0.05) is 42.8 Å². The number of rotatable bonds is 14. The van der Waals surface area contributed by atoms with E-state index < -0.39 is 59.6 Å². The molecule has 0 aliphatic carbocycles. The Morgan fingerprint density at radius 1 is 0.854 bits per heavy atom. The molecule has 4 amide bonds. The van der Waals surface area contributed by atoms with Crippen LogP contribution >= 0.6 is 0 Å². The highest BCUT2D eigenvalue weighted by molar-refractivity contribution is 6.04. The minimum atomic E-state index is -1.71. The van der Waals surface area contributed by atoms with E-state index in [0.717, 1.165) is 12.1 Å². The Labute approximate surface area is 237 Å². The number of aliphatic hydroxyl groups is 2. The number of benzene rings is 2. The Hall–Kier alpha value is -3.90. The van der Waals surface area contributed by atoms with Crippen LogP contribution < -0.4 is 16.4 Å². The number of primary amides is 1. The number of aliphatic hydroxyl groups excluding tert-OH is 2. The summed E-state index contributed by atoms with van der Waals surface area (Å²) >= 11 is 0. The first-order valence-electron chi connectivity index (χ1n) is 13.4. The zero-order valence-electron chi connectivity index (χ0n) is 23.6. The molecule has 4 unspecified atom stereocenters. The van der Waals surface area contributed by atoms with Crippen molar-refractivity contribution in [3.63, 3.8) is 0 Å². The van der Waals surface area contributed by atoms with Gasteiger partial charge in [0.05, 0.1) is 12.1 Å². The fourth-order valence-electron chi connectivity index (χ4n) is 4.49. The molecule has 2 aromatic carbocycles. The number of hydrogen-bond donors (Lipinski definition) is 5. The third-order valence-electron chi connectivity index (χ3n) is 6.40. The summed E-state index contributed by atoms with van der Waals surface area (Å²) < 4.78 is 27.8. The van der Waals surface area contributed by atoms with Crippen molar-refractivity contribution in [1.82, 2.24) is 15.5 Å². The number of nitrogens with zero attached hydrogens (tertiary/aromatic N) is 1. The minimum absolute atomic E-state index is 0.0527. The summed E-state index contributed by atoms with van der Waals surface area (Å²) in [4.78, 5) is 51.7. The van der Waals surface area contributed by atoms with Gasteiger partial charge in [0.1, 0.15) is 23.8 Å². The molecule has 0 aliphatic heterocycles. The van der Waals surface area contributed by atoms with Crippen molar-refractivity contribution >= 4 is 23.6 Å². The van der Waals surface area contributed by atoms with Gasteiger partial charge in [-0.1, -0.05) is 13.8 Å². The standard InChI is InChI=1S/C29H38F2N4O6/c1-5-7-35(8-6-2)29(41)21-13-19(27(32)39)12-20(14-21)28(40)34-24(11-18-9-22(30)15-23(31)10-18)26(38)25(37)16(3)33-17(4)36/h9-10,12-16,24-26,37-38H,5-8,11H2,1-4H3,(H2,32,39)(H,33,36)(H,34,40). The lowest BCUT2D eigenvalue weighted by molar-refractivity contribution is -0.121. The van der Waals surface area contributed by atoms with Crippen LogP contribution in [0.25, 0.3) is 0 Å². The Morgan fingerprint density at radius 2 is 1.39 bits per heavy atom. The molecule has 0 bridgehead atoms. The summed E-state index contributed by atoms with van der Waals surface area (Å²) in [5.74, 6) is -4.37. The average Bonchev–Trinajstić information content (AvgIpc) is 2.90. The lowest BCUT2D eigenvalue weighted by Crippen LogP contribution is -2.55. The van der Waals surface area contributed by atoms with Crippen molar-refractivity contribution in [3.8, 4) is 0 Å². The summed E-state index contributed by atoms with van der Waals surface area (Å²) in [6.07, 6.45) is -2.24. The molecule has 2 aromatic rings. The Morgan fingerprint density at radius 3 is 1.90 bits per heavy atom. The van der Waals surface area contributed by atoms with Gasteiger partial charge in [-0.2, -0.15) is 0 Å². The summed E-state index contributed by atoms with van der Waals surface area (Å²) in [7, 11) is 0. The van der Waals surface area contributed by atoms with Gasteiger partial charge in [-0.05, 0) is 62.1 Å². The molecule has 6 N–H and O–H groups in total. The second kappa shape index (κ2) is 15.2. The van der Waals surface area contributed by atoms with Crippen LogP contribution in [-0.2, 0) is 11.2 Å². The summed E-state index contributed by atoms with van der Waals surface area (Å²) in [6, 6.07) is 4.18. The number of nitrogens with one attached hydrogen (secondary N) is 2. The average molecular weight is 577 g/mol. The molecule has 0 radical (unpaired) electrons. The van der Waals surface area contributed by atoms with Crippen molar-refractivity contribution in [3.05, 3.63) is 70.3 Å². The third-order valence-corrected chi connectivity index (χ3v) is 6.40. The van der Waals surface area contributed by atoms with Gasteiger partial charge in [-0.15, -0.1) is 0 Å². The highest BCUT2D eigenvalue weighted by atomic mass is 19.1. The van der Waals surface area contributed by atoms with Crippen molar-refractivity contribution in [2.45, 2.75) is 71.2 Å². The van der Waals surface area contributed by atoms with Crippen LogP contribution in [0, 0.1) is 11.6 Å². The number of amides is 4. The lowest BCUT2D eigenvalue weighted by atomic mass is 9.94. The van der Waals surface area contributed by atoms with E-state index in [0.29, 0.717) is 32.0 Å². The summed E-state index contributed by atoms with van der Waals surface area (Å²) in [6.45, 7) is 7.38. The zero-order chi connectivity index (χ0) is 30.9. The maximum absolute atomic E-state index is 13.9. The number of carbonyl (C=O) groups excluding carboxylic acids is 4. The van der Waals surface area contributed by atoms with E-state index in [1.54, 1.807) is 4.90 Å². The molecule has 0 aromatic heterocycles. The van der Waals surface area contributed by atoms with Crippen LogP contribution in [0.1, 0.15) is 77.2 Å². The monoisotopic (exact) mass is 576 g/mol. The van der Waals surface area contributed by atoms with E-state index >= 15 is 0 Å². The molecule has 12 heteroatoms. The predicted molar refractivity (Wildman–Crippen MR) is 148 cm³/mol. The lowest BCUT2D eigenvalue weighted by Gasteiger charge is -2.31. The number of carbonyl (C=O) groups is 4. The predicted octanol–water partition coefficient (Wildman–Crippen LogP) is 1.91. The molecule has 41 heavy (non-hydrogen) atoms. The molecule has 0 heterocycles. The molecule has 0 aliphatic rings. The fraction of sp³-hybridized carbons (Fsp3) is 0.448. The van der Waals surface area contributed by atoms with Gasteiger partial charge in [0.2, 0.25) is 11.8 Å². The Kier molecular flexibility index (Phi) is 12.3. The van der Waals surface area contributed by atoms with Crippen LogP contribution in [0.2, 0.25) is 0 Å². The molecule has 224 valence electrons. The van der Waals surface area contributed by atoms with Crippen LogP contribution in [0.4, 0.5) is 8.78 Å². The maximum Gasteiger partial charge on any atom is 0.253 e. The van der Waals surface area contributed by atoms with E-state index in [2.05, 4.69) is 10.6 Å². The van der Waals surface area contributed by atoms with Crippen LogP contribution in [0.5, 0.6) is 0 Å². The number of halogens is 2. The minimum Gasteiger partial charge on any atom is -0.388 e. The first kappa shape index (κ1) is 33.3. The molecule has 10 nitrogen and oxygen atoms in total. The van der Waals surface area contributed by atoms with E-state index in [-0.39, 0.29) is 28.7 Å². The van der Waals surface area contributed by atoms with Crippen LogP contribution in [0.3, 0.4) is 0 Å².